The van der Waals surface area contributed by atoms with Crippen molar-refractivity contribution in [3.8, 4) is 0 Å². The summed E-state index contributed by atoms with van der Waals surface area (Å²) < 4.78 is 39.6. The Labute approximate surface area is 453 Å². The maximum Gasteiger partial charge on any atom is 0.472 e. The molecule has 0 aliphatic carbocycles. The molecular formula is C62H111O11P. The second-order valence-electron chi connectivity index (χ2n) is 20.1. The molecule has 0 heterocycles. The van der Waals surface area contributed by atoms with E-state index >= 15 is 0 Å². The fraction of sp³-hybridized carbons (Fsp3) is 0.790. The van der Waals surface area contributed by atoms with Crippen molar-refractivity contribution in [1.82, 2.24) is 0 Å². The lowest BCUT2D eigenvalue weighted by molar-refractivity contribution is -0.161. The molecule has 0 aromatic rings. The van der Waals surface area contributed by atoms with Crippen LogP contribution < -0.4 is 0 Å². The smallest absolute Gasteiger partial charge is 0.462 e. The first-order valence-electron chi connectivity index (χ1n) is 30.2. The molecule has 0 aliphatic heterocycles. The predicted octanol–water partition coefficient (Wildman–Crippen LogP) is 17.9. The number of carbonyl (C=O) groups excluding carboxylic acids is 3. The van der Waals surface area contributed by atoms with Crippen molar-refractivity contribution in [3.63, 3.8) is 0 Å². The number of unbranched alkanes of at least 4 members (excludes halogenated alkanes) is 29. The van der Waals surface area contributed by atoms with E-state index in [1.807, 2.05) is 0 Å². The molecule has 0 aromatic carbocycles. The predicted molar refractivity (Wildman–Crippen MR) is 307 cm³/mol. The van der Waals surface area contributed by atoms with E-state index in [9.17, 15) is 28.9 Å². The van der Waals surface area contributed by atoms with E-state index in [0.717, 1.165) is 122 Å². The Hall–Kier alpha value is -2.82. The summed E-state index contributed by atoms with van der Waals surface area (Å²) in [5.74, 6) is -1.48. The quantitative estimate of drug-likeness (QED) is 0.0197. The standard InChI is InChI=1S/C62H111O11P/c1-4-7-10-13-16-19-22-25-27-28-29-30-32-35-38-41-44-47-50-53-62(66)73-59(55-69-60(64)51-48-45-42-39-36-34-31-26-23-20-17-14-11-8-5-2)57-71-74(67,68)70-56-58(54-63)72-61(65)52-49-46-43-40-37-33-24-21-18-15-12-9-6-3/h7,10,16,19,21,24-25,27,29-30,58-59,63H,4-6,8-9,11-15,17-18,20,22-23,26,28,31-57H2,1-3H3,(H,67,68)/b10-7-,19-16-,24-21-,27-25-,30-29-. The molecule has 3 unspecified atom stereocenters. The average Bonchev–Trinajstić information content (AvgIpc) is 3.39. The van der Waals surface area contributed by atoms with Crippen LogP contribution in [0.15, 0.2) is 60.8 Å². The molecule has 11 nitrogen and oxygen atoms in total. The topological polar surface area (TPSA) is 155 Å². The summed E-state index contributed by atoms with van der Waals surface area (Å²) in [4.78, 5) is 48.6. The van der Waals surface area contributed by atoms with Crippen LogP contribution >= 0.6 is 7.82 Å². The largest absolute Gasteiger partial charge is 0.472 e. The second kappa shape index (κ2) is 56.4. The van der Waals surface area contributed by atoms with Crippen molar-refractivity contribution in [2.24, 2.45) is 0 Å². The Kier molecular flexibility index (Phi) is 54.2. The van der Waals surface area contributed by atoms with Gasteiger partial charge in [0.2, 0.25) is 0 Å². The first-order chi connectivity index (χ1) is 36.2. The summed E-state index contributed by atoms with van der Waals surface area (Å²) in [5, 5.41) is 9.81. The summed E-state index contributed by atoms with van der Waals surface area (Å²) in [6.45, 7) is 4.53. The number of hydrogen-bond acceptors (Lipinski definition) is 10. The maximum absolute atomic E-state index is 12.9. The second-order valence-corrected chi connectivity index (χ2v) is 21.6. The Morgan fingerprint density at radius 2 is 0.703 bits per heavy atom. The molecule has 0 aliphatic rings. The van der Waals surface area contributed by atoms with Crippen molar-refractivity contribution >= 4 is 25.7 Å². The molecule has 0 bridgehead atoms. The van der Waals surface area contributed by atoms with Crippen molar-refractivity contribution < 1.29 is 52.2 Å². The van der Waals surface area contributed by atoms with E-state index in [0.29, 0.717) is 19.3 Å². The Morgan fingerprint density at radius 1 is 0.392 bits per heavy atom. The van der Waals surface area contributed by atoms with Gasteiger partial charge in [0.1, 0.15) is 12.7 Å². The highest BCUT2D eigenvalue weighted by atomic mass is 31.2. The van der Waals surface area contributed by atoms with E-state index in [1.54, 1.807) is 0 Å². The third kappa shape index (κ3) is 54.0. The molecule has 74 heavy (non-hydrogen) atoms. The van der Waals surface area contributed by atoms with Crippen LogP contribution in [0, 0.1) is 0 Å². The molecule has 2 N–H and O–H groups in total. The van der Waals surface area contributed by atoms with E-state index in [-0.39, 0.29) is 25.9 Å². The molecule has 430 valence electrons. The third-order valence-electron chi connectivity index (χ3n) is 12.9. The lowest BCUT2D eigenvalue weighted by Gasteiger charge is -2.21. The van der Waals surface area contributed by atoms with E-state index in [4.69, 9.17) is 23.3 Å². The third-order valence-corrected chi connectivity index (χ3v) is 13.9. The number of allylic oxidation sites excluding steroid dienone is 10. The van der Waals surface area contributed by atoms with E-state index in [1.165, 1.54) is 96.3 Å². The minimum absolute atomic E-state index is 0.152. The lowest BCUT2D eigenvalue weighted by atomic mass is 10.0. The van der Waals surface area contributed by atoms with Crippen LogP contribution in [0.2, 0.25) is 0 Å². The number of rotatable bonds is 56. The van der Waals surface area contributed by atoms with Gasteiger partial charge in [-0.2, -0.15) is 0 Å². The van der Waals surface area contributed by atoms with Crippen LogP contribution in [0.5, 0.6) is 0 Å². The fourth-order valence-electron chi connectivity index (χ4n) is 8.34. The van der Waals surface area contributed by atoms with Gasteiger partial charge in [-0.05, 0) is 83.5 Å². The molecule has 0 aromatic heterocycles. The van der Waals surface area contributed by atoms with E-state index in [2.05, 4.69) is 81.5 Å². The highest BCUT2D eigenvalue weighted by molar-refractivity contribution is 7.47. The van der Waals surface area contributed by atoms with Gasteiger partial charge in [0.05, 0.1) is 19.8 Å². The number of phosphoric ester groups is 1. The van der Waals surface area contributed by atoms with Crippen LogP contribution in [0.25, 0.3) is 0 Å². The van der Waals surface area contributed by atoms with Gasteiger partial charge in [0, 0.05) is 19.3 Å². The van der Waals surface area contributed by atoms with Crippen molar-refractivity contribution in [1.29, 1.82) is 0 Å². The van der Waals surface area contributed by atoms with E-state index < -0.39 is 57.8 Å². The molecular weight excluding hydrogens is 952 g/mol. The first kappa shape index (κ1) is 71.2. The minimum Gasteiger partial charge on any atom is -0.462 e. The van der Waals surface area contributed by atoms with Crippen molar-refractivity contribution in [2.45, 2.75) is 290 Å². The molecule has 0 saturated heterocycles. The van der Waals surface area contributed by atoms with Gasteiger partial charge in [0.15, 0.2) is 6.10 Å². The number of ether oxygens (including phenoxy) is 3. The molecule has 0 fully saturated rings. The fourth-order valence-corrected chi connectivity index (χ4v) is 9.13. The molecule has 0 radical (unpaired) electrons. The molecule has 0 amide bonds. The number of aliphatic hydroxyl groups excluding tert-OH is 1. The molecule has 0 saturated carbocycles. The van der Waals surface area contributed by atoms with Crippen LogP contribution in [-0.4, -0.2) is 66.5 Å². The van der Waals surface area contributed by atoms with Gasteiger partial charge in [0.25, 0.3) is 0 Å². The van der Waals surface area contributed by atoms with Gasteiger partial charge < -0.3 is 24.2 Å². The summed E-state index contributed by atoms with van der Waals surface area (Å²) >= 11 is 0. The zero-order chi connectivity index (χ0) is 54.1. The summed E-state index contributed by atoms with van der Waals surface area (Å²) in [6.07, 6.45) is 61.7. The Balaban J connectivity index is 4.73. The first-order valence-corrected chi connectivity index (χ1v) is 31.7. The molecule has 0 rings (SSSR count). The van der Waals surface area contributed by atoms with Crippen molar-refractivity contribution in [3.05, 3.63) is 60.8 Å². The minimum atomic E-state index is -4.75. The number of carbonyl (C=O) groups is 3. The molecule has 0 spiro atoms. The van der Waals surface area contributed by atoms with Gasteiger partial charge in [-0.15, -0.1) is 0 Å². The monoisotopic (exact) mass is 1060 g/mol. The zero-order valence-electron chi connectivity index (χ0n) is 47.6. The van der Waals surface area contributed by atoms with Crippen LogP contribution in [-0.2, 0) is 42.2 Å². The average molecular weight is 1060 g/mol. The van der Waals surface area contributed by atoms with Gasteiger partial charge in [-0.25, -0.2) is 4.57 Å². The van der Waals surface area contributed by atoms with Crippen LogP contribution in [0.3, 0.4) is 0 Å². The Bertz CT molecular complexity index is 1470. The molecule has 3 atom stereocenters. The zero-order valence-corrected chi connectivity index (χ0v) is 48.5. The van der Waals surface area contributed by atoms with Crippen LogP contribution in [0.4, 0.5) is 0 Å². The summed E-state index contributed by atoms with van der Waals surface area (Å²) in [6, 6.07) is 0. The summed E-state index contributed by atoms with van der Waals surface area (Å²) in [5.41, 5.74) is 0. The number of aliphatic hydroxyl groups is 1. The normalized spacial score (nSPS) is 13.7. The van der Waals surface area contributed by atoms with Gasteiger partial charge >= 0.3 is 25.7 Å². The van der Waals surface area contributed by atoms with Crippen LogP contribution in [0.1, 0.15) is 278 Å². The van der Waals surface area contributed by atoms with Crippen molar-refractivity contribution in [2.75, 3.05) is 26.4 Å². The maximum atomic E-state index is 12.9. The Morgan fingerprint density at radius 3 is 1.11 bits per heavy atom. The SMILES string of the molecule is CC/C=C\C/C=C\C/C=C\C/C=C\CCCCCCCCC(=O)OC(COC(=O)CCCCCCCCCCCCCCCCC)COP(=O)(O)OCC(CO)OC(=O)CCCCCCC/C=C\CCCCCC. The number of hydrogen-bond donors (Lipinski definition) is 2. The number of phosphoric acid groups is 1. The highest BCUT2D eigenvalue weighted by Crippen LogP contribution is 2.43. The summed E-state index contributed by atoms with van der Waals surface area (Å²) in [7, 11) is -4.75. The lowest BCUT2D eigenvalue weighted by Crippen LogP contribution is -2.30. The number of esters is 3. The molecule has 12 heteroatoms. The van der Waals surface area contributed by atoms with Gasteiger partial charge in [-0.3, -0.25) is 23.4 Å². The highest BCUT2D eigenvalue weighted by Gasteiger charge is 2.28. The van der Waals surface area contributed by atoms with Gasteiger partial charge in [-0.1, -0.05) is 236 Å².